The van der Waals surface area contributed by atoms with Crippen LogP contribution in [-0.2, 0) is 109 Å². The quantitative estimate of drug-likeness (QED) is 0.0306. The lowest BCUT2D eigenvalue weighted by atomic mass is 9.93. The van der Waals surface area contributed by atoms with Crippen molar-refractivity contribution in [1.82, 2.24) is 21.3 Å². The van der Waals surface area contributed by atoms with E-state index in [0.29, 0.717) is 0 Å². The van der Waals surface area contributed by atoms with E-state index in [1.807, 2.05) is 0 Å². The molecule has 706 valence electrons. The highest BCUT2D eigenvalue weighted by molar-refractivity contribution is 5.74. The fourth-order valence-corrected chi connectivity index (χ4v) is 15.8. The summed E-state index contributed by atoms with van der Waals surface area (Å²) in [7, 11) is 0. The molecule has 0 saturated carbocycles. The van der Waals surface area contributed by atoms with E-state index in [0.717, 1.165) is 27.7 Å². The molecule has 54 heteroatoms. The van der Waals surface area contributed by atoms with Crippen LogP contribution in [0.2, 0.25) is 0 Å². The molecule has 54 nitrogen and oxygen atoms in total. The van der Waals surface area contributed by atoms with Crippen LogP contribution in [0.15, 0.2) is 0 Å². The molecule has 4 amide bonds. The van der Waals surface area contributed by atoms with E-state index in [2.05, 4.69) is 21.3 Å². The molecule has 0 spiro atoms. The fourth-order valence-electron chi connectivity index (χ4n) is 15.8. The third-order valence-corrected chi connectivity index (χ3v) is 22.4. The summed E-state index contributed by atoms with van der Waals surface area (Å²) in [6, 6.07) is -7.69. The Hall–Kier alpha value is -3.96. The molecule has 31 N–H and O–H groups in total. The number of amides is 4. The van der Waals surface area contributed by atoms with Gasteiger partial charge in [-0.2, -0.15) is 0 Å². The van der Waals surface area contributed by atoms with Crippen molar-refractivity contribution < 1.29 is 247 Å². The monoisotopic (exact) mass is 1790 g/mol. The third-order valence-electron chi connectivity index (χ3n) is 22.4. The van der Waals surface area contributed by atoms with Crippen LogP contribution >= 0.6 is 0 Å². The van der Waals surface area contributed by atoms with Gasteiger partial charge in [-0.05, 0) is 6.92 Å². The van der Waals surface area contributed by atoms with Crippen molar-refractivity contribution in [3.8, 4) is 0 Å². The number of hydrogen-bond acceptors (Lipinski definition) is 50. The van der Waals surface area contributed by atoms with E-state index >= 15 is 0 Å². The normalized spacial score (nSPS) is 49.7. The number of carbonyl (C=O) groups is 4. The molecule has 0 bridgehead atoms. The maximum Gasteiger partial charge on any atom is 0.217 e. The summed E-state index contributed by atoms with van der Waals surface area (Å²) >= 11 is 0. The highest BCUT2D eigenvalue weighted by Crippen LogP contribution is 2.41. The minimum Gasteiger partial charge on any atom is -0.394 e. The second-order valence-corrected chi connectivity index (χ2v) is 31.0. The van der Waals surface area contributed by atoms with Crippen LogP contribution < -0.4 is 21.3 Å². The summed E-state index contributed by atoms with van der Waals surface area (Å²) in [4.78, 5) is 51.6. The van der Waals surface area contributed by atoms with E-state index in [1.54, 1.807) is 0 Å². The van der Waals surface area contributed by atoms with E-state index in [4.69, 9.17) is 90.0 Å². The van der Waals surface area contributed by atoms with Gasteiger partial charge in [-0.1, -0.05) is 0 Å². The highest BCUT2D eigenvalue weighted by atomic mass is 16.8. The van der Waals surface area contributed by atoms with Gasteiger partial charge in [0.1, 0.15) is 238 Å². The van der Waals surface area contributed by atoms with E-state index in [-0.39, 0.29) is 0 Å². The Labute approximate surface area is 691 Å². The molecule has 10 rings (SSSR count). The molecule has 0 aromatic rings. The van der Waals surface area contributed by atoms with Crippen LogP contribution in [0.5, 0.6) is 0 Å². The Morgan fingerprint density at radius 3 is 0.893 bits per heavy atom. The Morgan fingerprint density at radius 1 is 0.230 bits per heavy atom. The molecule has 10 aliphatic rings. The Balaban J connectivity index is 0.983. The molecule has 10 aliphatic heterocycles. The summed E-state index contributed by atoms with van der Waals surface area (Å²) < 4.78 is 113. The second kappa shape index (κ2) is 43.6. The van der Waals surface area contributed by atoms with Crippen LogP contribution in [0.25, 0.3) is 0 Å². The standard InChI is InChI=1S/C68H114N4O50/c1-15-33(84)43(94)48(99)63(106-15)104-14-28-55(39(90)29(59(103)107-28)69-16(2)80)116-60-30(70-17(3)81)40(91)54(26(12-79)112-60)119-66-51(102)56(120-68-58(47(98)37(88)23(9-76)111-68)122-62-32(72-19(5)83)42(93)53(25(11-78)114-62)118-65-50(101)45(96)35(86)21(7-74)109-65)38(89)27(115-66)13-105-67-57(46(97)36(87)22(8-75)110-67)121-61-31(71-18(4)82)41(92)52(24(10-77)113-61)117-64-49(100)44(95)34(85)20(6-73)108-64/h15,20-68,73-79,84-103H,6-14H2,1-5H3,(H,69,80)(H,70,81)(H,71,82)(H,72,83)/t15-,20+,21+,22+,23+,24+,25+,26+,27+,28+,29+,30+,31+,32+,33+,34-,35-,36+,37+,38+,39+,40+,41+,42+,43+,44-,45-,46-,47-,48-,49+,50+,51-,52+,53+,54+,55+,56-,57-,58-,59+,60-,61-,62-,63+,64-,65-,66-,67-,68+/m0/s1. The van der Waals surface area contributed by atoms with Gasteiger partial charge in [0, 0.05) is 27.7 Å². The van der Waals surface area contributed by atoms with Crippen molar-refractivity contribution in [1.29, 1.82) is 0 Å². The molecule has 10 saturated heterocycles. The molecule has 0 radical (unpaired) electrons. The van der Waals surface area contributed by atoms with Crippen molar-refractivity contribution in [3.63, 3.8) is 0 Å². The van der Waals surface area contributed by atoms with Crippen LogP contribution in [0.1, 0.15) is 34.6 Å². The van der Waals surface area contributed by atoms with Crippen molar-refractivity contribution >= 4 is 23.6 Å². The number of aliphatic hydroxyl groups is 27. The minimum absolute atomic E-state index is 0.846. The molecule has 0 aromatic carbocycles. The summed E-state index contributed by atoms with van der Waals surface area (Å²) in [5.41, 5.74) is 0. The van der Waals surface area contributed by atoms with Gasteiger partial charge in [0.05, 0.1) is 65.6 Å². The molecule has 0 aromatic heterocycles. The molecule has 122 heavy (non-hydrogen) atoms. The zero-order chi connectivity index (χ0) is 89.8. The molecule has 50 atom stereocenters. The van der Waals surface area contributed by atoms with Gasteiger partial charge in [-0.3, -0.25) is 19.2 Å². The lowest BCUT2D eigenvalue weighted by Crippen LogP contribution is -2.71. The van der Waals surface area contributed by atoms with Crippen LogP contribution in [0.4, 0.5) is 0 Å². The maximum atomic E-state index is 13.3. The topological polar surface area (TPSA) is 838 Å². The third kappa shape index (κ3) is 22.0. The number of hydrogen-bond donors (Lipinski definition) is 31. The van der Waals surface area contributed by atoms with Crippen LogP contribution in [0, 0.1) is 0 Å². The molecular weight excluding hydrogens is 1670 g/mol. The number of rotatable bonds is 31. The van der Waals surface area contributed by atoms with E-state index in [1.165, 1.54) is 6.92 Å². The lowest BCUT2D eigenvalue weighted by Gasteiger charge is -2.51. The van der Waals surface area contributed by atoms with Crippen LogP contribution in [0.3, 0.4) is 0 Å². The first kappa shape index (κ1) is 100. The summed E-state index contributed by atoms with van der Waals surface area (Å²) in [6.45, 7) is -4.83. The SMILES string of the molecule is CC(=O)N[C@@H]1[C@@H](O)[C@H](O[C@@H]2O[C@H](CO)[C@@H](O[C@@H]3O[C@H](CO[C@H]4O[C@H](CO)[C@@H](O)[C@H](O)[C@@H]4O[C@@H]4O[C@H](CO)[C@@H](O[C@@H]5O[C@H](CO)[C@H](O)[C@H](O)[C@H]5O)[C@H](O)[C@H]4NC(C)=O)[C@@H](O)[C@H](O[C@H]4O[C@H](CO)[C@@H](O)[C@H](O)[C@@H]4O[C@@H]4O[C@H](CO)[C@@H](O[C@@H]5O[C@H](CO)[C@H](O)[C@H](O)[C@H]5O)[C@H](O)[C@H]4NC(C)=O)[C@@H]3O)[C@H](O)[C@H]2NC(C)=O)[C@@H](CO[C@@H]2O[C@@H](C)[C@@H](O)[C@@H](O)[C@@H]2O)O[C@H]1O. The number of aliphatic hydroxyl groups excluding tert-OH is 27. The highest BCUT2D eigenvalue weighted by Gasteiger charge is 2.62. The zero-order valence-corrected chi connectivity index (χ0v) is 65.7. The summed E-state index contributed by atoms with van der Waals surface area (Å²) in [5.74, 6) is -3.76. The molecule has 0 unspecified atom stereocenters. The van der Waals surface area contributed by atoms with Gasteiger partial charge in [0.25, 0.3) is 0 Å². The fraction of sp³-hybridized carbons (Fsp3) is 0.941. The Bertz CT molecular complexity index is 3290. The molecule has 0 aliphatic carbocycles. The van der Waals surface area contributed by atoms with Crippen LogP contribution in [-0.4, -0.2) is 528 Å². The van der Waals surface area contributed by atoms with Gasteiger partial charge in [-0.25, -0.2) is 0 Å². The lowest BCUT2D eigenvalue weighted by molar-refractivity contribution is -0.399. The maximum absolute atomic E-state index is 13.3. The molecular formula is C68H114N4O50. The van der Waals surface area contributed by atoms with Gasteiger partial charge in [0.15, 0.2) is 62.9 Å². The largest absolute Gasteiger partial charge is 0.394 e. The number of ether oxygens (including phenoxy) is 19. The van der Waals surface area contributed by atoms with E-state index in [9.17, 15) is 157 Å². The first-order valence-electron chi connectivity index (χ1n) is 39.0. The Kier molecular flexibility index (Phi) is 35.8. The predicted octanol–water partition coefficient (Wildman–Crippen LogP) is -21.2. The first-order valence-corrected chi connectivity index (χ1v) is 39.0. The average Bonchev–Trinajstić information content (AvgIpc) is 0.770. The average molecular weight is 1790 g/mol. The van der Waals surface area contributed by atoms with E-state index < -0.39 is 390 Å². The van der Waals surface area contributed by atoms with Crippen molar-refractivity contribution in [3.05, 3.63) is 0 Å². The van der Waals surface area contributed by atoms with Crippen molar-refractivity contribution in [2.75, 3.05) is 59.5 Å². The summed E-state index contributed by atoms with van der Waals surface area (Å²) in [5, 5.41) is 310. The first-order chi connectivity index (χ1) is 57.7. The predicted molar refractivity (Wildman–Crippen MR) is 375 cm³/mol. The van der Waals surface area contributed by atoms with Gasteiger partial charge < -0.3 is 249 Å². The molecule has 10 fully saturated rings. The summed E-state index contributed by atoms with van der Waals surface area (Å²) in [6.07, 6.45) is -95.2. The molecule has 10 heterocycles. The van der Waals surface area contributed by atoms with Gasteiger partial charge >= 0.3 is 0 Å². The number of nitrogens with one attached hydrogen (secondary N) is 4. The van der Waals surface area contributed by atoms with Crippen molar-refractivity contribution in [2.45, 2.75) is 341 Å². The minimum atomic E-state index is -2.63. The van der Waals surface area contributed by atoms with Crippen molar-refractivity contribution in [2.24, 2.45) is 0 Å². The number of carbonyl (C=O) groups excluding carboxylic acids is 4. The zero-order valence-electron chi connectivity index (χ0n) is 65.7. The van der Waals surface area contributed by atoms with Gasteiger partial charge in [0.2, 0.25) is 23.6 Å². The van der Waals surface area contributed by atoms with Gasteiger partial charge in [-0.15, -0.1) is 0 Å². The second-order valence-electron chi connectivity index (χ2n) is 31.0. The Morgan fingerprint density at radius 2 is 0.500 bits per heavy atom. The smallest absolute Gasteiger partial charge is 0.217 e.